The number of rotatable bonds is 10. The van der Waals surface area contributed by atoms with Crippen molar-refractivity contribution in [1.29, 1.82) is 0 Å². The van der Waals surface area contributed by atoms with Gasteiger partial charge in [-0.3, -0.25) is 4.72 Å². The Hall–Kier alpha value is -2.34. The van der Waals surface area contributed by atoms with Crippen molar-refractivity contribution < 1.29 is 31.0 Å². The zero-order valence-corrected chi connectivity index (χ0v) is 19.7. The van der Waals surface area contributed by atoms with Gasteiger partial charge in [0.25, 0.3) is 10.0 Å². The number of methoxy groups -OCH3 is 2. The Labute approximate surface area is 189 Å². The molecule has 0 aromatic heterocycles. The standard InChI is InChI=1S/C21H28N2O7S2/c1-28-14-15-30-21-16-17(6-11-20(21)29-2)22-31(24,25)18-7-9-19(10-8-18)32(26,27)23-12-4-3-5-13-23/h6-11,16,22H,3-5,12-15H2,1-2H3. The largest absolute Gasteiger partial charge is 0.493 e. The molecule has 11 heteroatoms. The molecule has 1 heterocycles. The van der Waals surface area contributed by atoms with Crippen LogP contribution in [-0.2, 0) is 24.8 Å². The molecule has 0 radical (unpaired) electrons. The van der Waals surface area contributed by atoms with Crippen LogP contribution in [0.5, 0.6) is 11.5 Å². The van der Waals surface area contributed by atoms with Crippen molar-refractivity contribution in [2.24, 2.45) is 0 Å². The highest BCUT2D eigenvalue weighted by atomic mass is 32.2. The van der Waals surface area contributed by atoms with E-state index in [0.717, 1.165) is 19.3 Å². The molecular weight excluding hydrogens is 456 g/mol. The van der Waals surface area contributed by atoms with E-state index in [0.29, 0.717) is 31.2 Å². The van der Waals surface area contributed by atoms with E-state index in [1.165, 1.54) is 41.7 Å². The molecular formula is C21H28N2O7S2. The molecule has 176 valence electrons. The van der Waals surface area contributed by atoms with Gasteiger partial charge in [-0.1, -0.05) is 6.42 Å². The molecule has 2 aromatic rings. The third-order valence-electron chi connectivity index (χ3n) is 5.05. The van der Waals surface area contributed by atoms with Crippen molar-refractivity contribution in [1.82, 2.24) is 4.31 Å². The number of nitrogens with zero attached hydrogens (tertiary/aromatic N) is 1. The summed E-state index contributed by atoms with van der Waals surface area (Å²) in [6.07, 6.45) is 2.67. The number of nitrogens with one attached hydrogen (secondary N) is 1. The Morgan fingerprint density at radius 3 is 2.12 bits per heavy atom. The van der Waals surface area contributed by atoms with Gasteiger partial charge in [0.05, 0.1) is 29.2 Å². The molecule has 0 bridgehead atoms. The number of anilines is 1. The van der Waals surface area contributed by atoms with Crippen molar-refractivity contribution in [3.63, 3.8) is 0 Å². The number of hydrogen-bond acceptors (Lipinski definition) is 7. The summed E-state index contributed by atoms with van der Waals surface area (Å²) in [5.74, 6) is 0.823. The molecule has 1 N–H and O–H groups in total. The Bertz CT molecular complexity index is 1110. The second-order valence-corrected chi connectivity index (χ2v) is 10.9. The summed E-state index contributed by atoms with van der Waals surface area (Å²) in [5, 5.41) is 0. The van der Waals surface area contributed by atoms with Crippen molar-refractivity contribution >= 4 is 25.7 Å². The van der Waals surface area contributed by atoms with Gasteiger partial charge in [-0.05, 0) is 49.2 Å². The van der Waals surface area contributed by atoms with E-state index in [2.05, 4.69) is 4.72 Å². The maximum Gasteiger partial charge on any atom is 0.261 e. The lowest BCUT2D eigenvalue weighted by Gasteiger charge is -2.25. The molecule has 1 aliphatic rings. The zero-order valence-electron chi connectivity index (χ0n) is 18.1. The summed E-state index contributed by atoms with van der Waals surface area (Å²) in [4.78, 5) is 0.0318. The molecule has 32 heavy (non-hydrogen) atoms. The highest BCUT2D eigenvalue weighted by molar-refractivity contribution is 7.92. The highest BCUT2D eigenvalue weighted by Crippen LogP contribution is 2.31. The normalized spacial score (nSPS) is 15.3. The summed E-state index contributed by atoms with van der Waals surface area (Å²) in [5.41, 5.74) is 0.281. The molecule has 0 unspecified atom stereocenters. The molecule has 1 fully saturated rings. The van der Waals surface area contributed by atoms with Crippen LogP contribution in [0.3, 0.4) is 0 Å². The van der Waals surface area contributed by atoms with Crippen LogP contribution >= 0.6 is 0 Å². The van der Waals surface area contributed by atoms with Gasteiger partial charge >= 0.3 is 0 Å². The van der Waals surface area contributed by atoms with Crippen LogP contribution in [0.1, 0.15) is 19.3 Å². The first-order valence-corrected chi connectivity index (χ1v) is 13.1. The maximum absolute atomic E-state index is 12.8. The van der Waals surface area contributed by atoms with E-state index in [-0.39, 0.29) is 22.1 Å². The smallest absolute Gasteiger partial charge is 0.261 e. The van der Waals surface area contributed by atoms with Gasteiger partial charge in [0.1, 0.15) is 6.61 Å². The van der Waals surface area contributed by atoms with Gasteiger partial charge in [0, 0.05) is 26.3 Å². The average molecular weight is 485 g/mol. The summed E-state index contributed by atoms with van der Waals surface area (Å²) in [7, 11) is -4.53. The monoisotopic (exact) mass is 484 g/mol. The minimum absolute atomic E-state index is 0.0484. The van der Waals surface area contributed by atoms with Gasteiger partial charge in [-0.15, -0.1) is 0 Å². The lowest BCUT2D eigenvalue weighted by molar-refractivity contribution is 0.144. The summed E-state index contributed by atoms with van der Waals surface area (Å²) in [6.45, 7) is 1.61. The van der Waals surface area contributed by atoms with E-state index in [4.69, 9.17) is 14.2 Å². The Morgan fingerprint density at radius 2 is 1.50 bits per heavy atom. The van der Waals surface area contributed by atoms with E-state index < -0.39 is 20.0 Å². The number of benzene rings is 2. The summed E-state index contributed by atoms with van der Waals surface area (Å²) >= 11 is 0. The van der Waals surface area contributed by atoms with Gasteiger partial charge in [0.15, 0.2) is 11.5 Å². The van der Waals surface area contributed by atoms with Gasteiger partial charge in [-0.25, -0.2) is 16.8 Å². The maximum atomic E-state index is 12.8. The number of ether oxygens (including phenoxy) is 3. The zero-order chi connectivity index (χ0) is 23.2. The van der Waals surface area contributed by atoms with E-state index >= 15 is 0 Å². The topological polar surface area (TPSA) is 111 Å². The Morgan fingerprint density at radius 1 is 0.844 bits per heavy atom. The number of piperidine rings is 1. The first-order chi connectivity index (χ1) is 15.3. The van der Waals surface area contributed by atoms with Crippen LogP contribution in [0.25, 0.3) is 0 Å². The molecule has 9 nitrogen and oxygen atoms in total. The molecule has 0 atom stereocenters. The number of hydrogen-bond donors (Lipinski definition) is 1. The average Bonchev–Trinajstić information content (AvgIpc) is 2.80. The first-order valence-electron chi connectivity index (χ1n) is 10.2. The minimum Gasteiger partial charge on any atom is -0.493 e. The lowest BCUT2D eigenvalue weighted by atomic mass is 10.2. The van der Waals surface area contributed by atoms with Crippen LogP contribution in [0.4, 0.5) is 5.69 Å². The fourth-order valence-corrected chi connectivity index (χ4v) is 5.91. The van der Waals surface area contributed by atoms with Crippen molar-refractivity contribution in [3.8, 4) is 11.5 Å². The summed E-state index contributed by atoms with van der Waals surface area (Å²) in [6, 6.07) is 9.89. The fourth-order valence-electron chi connectivity index (χ4n) is 3.35. The third kappa shape index (κ3) is 5.71. The molecule has 0 amide bonds. The van der Waals surface area contributed by atoms with Crippen LogP contribution in [0.15, 0.2) is 52.3 Å². The number of sulfonamides is 2. The second-order valence-electron chi connectivity index (χ2n) is 7.25. The lowest BCUT2D eigenvalue weighted by Crippen LogP contribution is -2.35. The van der Waals surface area contributed by atoms with Crippen LogP contribution in [0, 0.1) is 0 Å². The van der Waals surface area contributed by atoms with Gasteiger partial charge in [0.2, 0.25) is 10.0 Å². The Kier molecular flexibility index (Phi) is 7.99. The van der Waals surface area contributed by atoms with Crippen LogP contribution in [-0.4, -0.2) is 61.7 Å². The quantitative estimate of drug-likeness (QED) is 0.516. The molecule has 0 spiro atoms. The van der Waals surface area contributed by atoms with Crippen molar-refractivity contribution in [2.45, 2.75) is 29.1 Å². The van der Waals surface area contributed by atoms with Crippen molar-refractivity contribution in [3.05, 3.63) is 42.5 Å². The Balaban J connectivity index is 1.77. The fraction of sp³-hybridized carbons (Fsp3) is 0.429. The molecule has 1 aliphatic heterocycles. The second kappa shape index (κ2) is 10.5. The molecule has 0 saturated carbocycles. The molecule has 1 saturated heterocycles. The van der Waals surface area contributed by atoms with Gasteiger partial charge in [-0.2, -0.15) is 4.31 Å². The highest BCUT2D eigenvalue weighted by Gasteiger charge is 2.26. The van der Waals surface area contributed by atoms with E-state index in [1.807, 2.05) is 0 Å². The molecule has 3 rings (SSSR count). The van der Waals surface area contributed by atoms with E-state index in [1.54, 1.807) is 19.2 Å². The third-order valence-corrected chi connectivity index (χ3v) is 8.36. The predicted molar refractivity (Wildman–Crippen MR) is 120 cm³/mol. The van der Waals surface area contributed by atoms with Crippen molar-refractivity contribution in [2.75, 3.05) is 45.2 Å². The summed E-state index contributed by atoms with van der Waals surface area (Å²) < 4.78 is 70.9. The molecule has 0 aliphatic carbocycles. The first kappa shape index (κ1) is 24.3. The van der Waals surface area contributed by atoms with Gasteiger partial charge < -0.3 is 14.2 Å². The SMILES string of the molecule is COCCOc1cc(NS(=O)(=O)c2ccc(S(=O)(=O)N3CCCCC3)cc2)ccc1OC. The molecule has 2 aromatic carbocycles. The minimum atomic E-state index is -3.94. The van der Waals surface area contributed by atoms with E-state index in [9.17, 15) is 16.8 Å². The van der Waals surface area contributed by atoms with Crippen LogP contribution in [0.2, 0.25) is 0 Å². The predicted octanol–water partition coefficient (Wildman–Crippen LogP) is 2.70. The van der Waals surface area contributed by atoms with Crippen LogP contribution < -0.4 is 14.2 Å².